The highest BCUT2D eigenvalue weighted by molar-refractivity contribution is 5.66. The minimum absolute atomic E-state index is 0.0200. The second-order valence-electron chi connectivity index (χ2n) is 3.59. The Morgan fingerprint density at radius 2 is 1.82 bits per heavy atom. The first-order valence-corrected chi connectivity index (χ1v) is 5.26. The SMILES string of the molecule is Nc1nc(N)n2ccn(N(CCO)CCO)c12. The fourth-order valence-corrected chi connectivity index (χ4v) is 1.82. The van der Waals surface area contributed by atoms with Crippen LogP contribution in [0.2, 0.25) is 0 Å². The quantitative estimate of drug-likeness (QED) is 0.491. The van der Waals surface area contributed by atoms with Crippen molar-refractivity contribution in [3.8, 4) is 0 Å². The van der Waals surface area contributed by atoms with E-state index in [4.69, 9.17) is 21.7 Å². The molecule has 0 aliphatic rings. The van der Waals surface area contributed by atoms with Crippen molar-refractivity contribution in [2.75, 3.05) is 42.8 Å². The molecule has 0 saturated carbocycles. The monoisotopic (exact) mass is 240 g/mol. The van der Waals surface area contributed by atoms with E-state index in [2.05, 4.69) is 4.98 Å². The zero-order valence-electron chi connectivity index (χ0n) is 9.32. The molecular formula is C9H16N6O2. The Bertz CT molecular complexity index is 499. The van der Waals surface area contributed by atoms with Gasteiger partial charge in [0.1, 0.15) is 0 Å². The van der Waals surface area contributed by atoms with Gasteiger partial charge >= 0.3 is 0 Å². The van der Waals surface area contributed by atoms with Crippen molar-refractivity contribution in [1.82, 2.24) is 14.1 Å². The maximum absolute atomic E-state index is 8.99. The van der Waals surface area contributed by atoms with Crippen LogP contribution in [0.1, 0.15) is 0 Å². The van der Waals surface area contributed by atoms with Gasteiger partial charge in [-0.05, 0) is 0 Å². The number of nitrogen functional groups attached to an aromatic ring is 2. The third-order valence-electron chi connectivity index (χ3n) is 2.53. The number of aliphatic hydroxyl groups excluding tert-OH is 2. The highest BCUT2D eigenvalue weighted by atomic mass is 16.3. The maximum Gasteiger partial charge on any atom is 0.208 e. The van der Waals surface area contributed by atoms with Crippen molar-refractivity contribution in [2.45, 2.75) is 0 Å². The Kier molecular flexibility index (Phi) is 3.07. The third-order valence-corrected chi connectivity index (χ3v) is 2.53. The summed E-state index contributed by atoms with van der Waals surface area (Å²) >= 11 is 0. The lowest BCUT2D eigenvalue weighted by Crippen LogP contribution is -2.39. The largest absolute Gasteiger partial charge is 0.394 e. The molecule has 0 bridgehead atoms. The van der Waals surface area contributed by atoms with Gasteiger partial charge in [0.25, 0.3) is 0 Å². The molecule has 0 fully saturated rings. The van der Waals surface area contributed by atoms with E-state index in [1.807, 2.05) is 0 Å². The summed E-state index contributed by atoms with van der Waals surface area (Å²) in [5.74, 6) is 0.623. The summed E-state index contributed by atoms with van der Waals surface area (Å²) in [5.41, 5.74) is 12.1. The molecule has 17 heavy (non-hydrogen) atoms. The number of nitrogens with zero attached hydrogens (tertiary/aromatic N) is 4. The van der Waals surface area contributed by atoms with E-state index in [0.29, 0.717) is 30.5 Å². The summed E-state index contributed by atoms with van der Waals surface area (Å²) in [4.78, 5) is 3.96. The third kappa shape index (κ3) is 1.87. The minimum Gasteiger partial charge on any atom is -0.394 e. The highest BCUT2D eigenvalue weighted by Gasteiger charge is 2.14. The molecule has 0 unspecified atom stereocenters. The van der Waals surface area contributed by atoms with Crippen LogP contribution in [-0.4, -0.2) is 50.6 Å². The number of anilines is 2. The van der Waals surface area contributed by atoms with Crippen molar-refractivity contribution in [3.63, 3.8) is 0 Å². The average molecular weight is 240 g/mol. The van der Waals surface area contributed by atoms with E-state index in [1.54, 1.807) is 26.5 Å². The maximum atomic E-state index is 8.99. The van der Waals surface area contributed by atoms with E-state index in [0.717, 1.165) is 0 Å². The lowest BCUT2D eigenvalue weighted by Gasteiger charge is -2.24. The zero-order chi connectivity index (χ0) is 12.4. The molecule has 6 N–H and O–H groups in total. The van der Waals surface area contributed by atoms with E-state index in [1.165, 1.54) is 0 Å². The van der Waals surface area contributed by atoms with Gasteiger partial charge in [-0.1, -0.05) is 0 Å². The summed E-state index contributed by atoms with van der Waals surface area (Å²) in [7, 11) is 0. The van der Waals surface area contributed by atoms with E-state index >= 15 is 0 Å². The molecule has 94 valence electrons. The van der Waals surface area contributed by atoms with E-state index < -0.39 is 0 Å². The van der Waals surface area contributed by atoms with Crippen LogP contribution in [0.5, 0.6) is 0 Å². The summed E-state index contributed by atoms with van der Waals surface area (Å²) in [6.45, 7) is 0.729. The van der Waals surface area contributed by atoms with E-state index in [-0.39, 0.29) is 13.2 Å². The molecule has 8 heteroatoms. The number of hydrogen-bond donors (Lipinski definition) is 4. The molecule has 0 aromatic carbocycles. The number of fused-ring (bicyclic) bond motifs is 1. The lowest BCUT2D eigenvalue weighted by molar-refractivity contribution is 0.266. The van der Waals surface area contributed by atoms with Crippen LogP contribution in [-0.2, 0) is 0 Å². The van der Waals surface area contributed by atoms with Gasteiger partial charge in [-0.15, -0.1) is 0 Å². The fraction of sp³-hybridized carbons (Fsp3) is 0.444. The lowest BCUT2D eigenvalue weighted by atomic mass is 10.5. The van der Waals surface area contributed by atoms with Gasteiger partial charge in [-0.3, -0.25) is 4.40 Å². The smallest absolute Gasteiger partial charge is 0.208 e. The topological polar surface area (TPSA) is 118 Å². The molecule has 2 aromatic heterocycles. The minimum atomic E-state index is -0.0200. The second-order valence-corrected chi connectivity index (χ2v) is 3.59. The van der Waals surface area contributed by atoms with Crippen molar-refractivity contribution in [2.24, 2.45) is 0 Å². The predicted molar refractivity (Wildman–Crippen MR) is 64.1 cm³/mol. The van der Waals surface area contributed by atoms with Gasteiger partial charge in [-0.25, -0.2) is 4.68 Å². The standard InChI is InChI=1S/C9H16N6O2/c10-7-8-14(9(11)12-7)1-2-15(8)13(3-5-16)4-6-17/h1-2,16-17H,3-6,10H2,(H2,11,12). The summed E-state index contributed by atoms with van der Waals surface area (Å²) < 4.78 is 3.38. The molecule has 0 spiro atoms. The van der Waals surface area contributed by atoms with Crippen LogP contribution in [0.4, 0.5) is 11.8 Å². The van der Waals surface area contributed by atoms with Crippen molar-refractivity contribution >= 4 is 17.4 Å². The molecule has 0 atom stereocenters. The van der Waals surface area contributed by atoms with Gasteiger partial charge in [0.05, 0.1) is 26.3 Å². The number of imidazole rings is 2. The Balaban J connectivity index is 2.45. The Labute approximate surface area is 97.6 Å². The van der Waals surface area contributed by atoms with Gasteiger partial charge in [0.15, 0.2) is 11.5 Å². The van der Waals surface area contributed by atoms with Gasteiger partial charge in [-0.2, -0.15) is 4.98 Å². The van der Waals surface area contributed by atoms with Crippen LogP contribution < -0.4 is 16.5 Å². The summed E-state index contributed by atoms with van der Waals surface area (Å²) in [5, 5.41) is 19.7. The number of aromatic nitrogens is 3. The average Bonchev–Trinajstić information content (AvgIpc) is 2.82. The Morgan fingerprint density at radius 3 is 2.41 bits per heavy atom. The molecule has 8 nitrogen and oxygen atoms in total. The molecule has 2 heterocycles. The van der Waals surface area contributed by atoms with Crippen LogP contribution >= 0.6 is 0 Å². The van der Waals surface area contributed by atoms with Gasteiger partial charge in [0, 0.05) is 12.4 Å². The van der Waals surface area contributed by atoms with Crippen LogP contribution in [0.25, 0.3) is 5.65 Å². The first kappa shape index (κ1) is 11.6. The number of aliphatic hydroxyl groups is 2. The molecule has 0 saturated heterocycles. The molecule has 0 aliphatic carbocycles. The Morgan fingerprint density at radius 1 is 1.18 bits per heavy atom. The normalized spacial score (nSPS) is 11.2. The fourth-order valence-electron chi connectivity index (χ4n) is 1.82. The van der Waals surface area contributed by atoms with Gasteiger partial charge < -0.3 is 26.7 Å². The van der Waals surface area contributed by atoms with Crippen LogP contribution in [0, 0.1) is 0 Å². The van der Waals surface area contributed by atoms with Crippen LogP contribution in [0.3, 0.4) is 0 Å². The van der Waals surface area contributed by atoms with Crippen molar-refractivity contribution < 1.29 is 10.2 Å². The number of rotatable bonds is 5. The summed E-state index contributed by atoms with van der Waals surface area (Å²) in [6.07, 6.45) is 3.49. The van der Waals surface area contributed by atoms with Crippen molar-refractivity contribution in [1.29, 1.82) is 0 Å². The zero-order valence-corrected chi connectivity index (χ0v) is 9.32. The summed E-state index contributed by atoms with van der Waals surface area (Å²) in [6, 6.07) is 0. The van der Waals surface area contributed by atoms with E-state index in [9.17, 15) is 0 Å². The first-order chi connectivity index (χ1) is 8.19. The molecule has 0 radical (unpaired) electrons. The first-order valence-electron chi connectivity index (χ1n) is 5.26. The molecular weight excluding hydrogens is 224 g/mol. The molecule has 2 aromatic rings. The molecule has 0 aliphatic heterocycles. The Hall–Kier alpha value is -1.93. The predicted octanol–water partition coefficient (Wildman–Crippen LogP) is -1.78. The van der Waals surface area contributed by atoms with Crippen LogP contribution in [0.15, 0.2) is 12.4 Å². The number of nitrogens with two attached hydrogens (primary N) is 2. The van der Waals surface area contributed by atoms with Gasteiger partial charge in [0.2, 0.25) is 5.95 Å². The molecule has 0 amide bonds. The molecule has 2 rings (SSSR count). The highest BCUT2D eigenvalue weighted by Crippen LogP contribution is 2.17. The second kappa shape index (κ2) is 4.52. The number of hydrogen-bond acceptors (Lipinski definition) is 6. The van der Waals surface area contributed by atoms with Crippen molar-refractivity contribution in [3.05, 3.63) is 12.4 Å².